The van der Waals surface area contributed by atoms with E-state index in [-0.39, 0.29) is 12.5 Å². The van der Waals surface area contributed by atoms with Gasteiger partial charge < -0.3 is 18.9 Å². The third kappa shape index (κ3) is 5.74. The van der Waals surface area contributed by atoms with Crippen molar-refractivity contribution in [2.75, 3.05) is 13.7 Å². The maximum Gasteiger partial charge on any atom is 0.254 e. The van der Waals surface area contributed by atoms with E-state index in [9.17, 15) is 4.79 Å². The molecular formula is C26H24ClN3O4. The molecule has 34 heavy (non-hydrogen) atoms. The van der Waals surface area contributed by atoms with Crippen LogP contribution in [0, 0.1) is 0 Å². The second-order valence-corrected chi connectivity index (χ2v) is 7.95. The SMILES string of the molecule is CCOc1ccc(-c2noc(CN(C)C(=O)c3cccc(OCc4ccccc4Cl)c3)n2)cc1. The average Bonchev–Trinajstić information content (AvgIpc) is 3.32. The molecule has 1 amide bonds. The molecule has 1 heterocycles. The van der Waals surface area contributed by atoms with Gasteiger partial charge in [0.1, 0.15) is 18.1 Å². The van der Waals surface area contributed by atoms with Crippen molar-refractivity contribution < 1.29 is 18.8 Å². The largest absolute Gasteiger partial charge is 0.494 e. The highest BCUT2D eigenvalue weighted by molar-refractivity contribution is 6.31. The van der Waals surface area contributed by atoms with Gasteiger partial charge >= 0.3 is 0 Å². The van der Waals surface area contributed by atoms with Crippen LogP contribution in [0.5, 0.6) is 11.5 Å². The number of rotatable bonds is 9. The van der Waals surface area contributed by atoms with Crippen molar-refractivity contribution in [3.63, 3.8) is 0 Å². The third-order valence-corrected chi connectivity index (χ3v) is 5.41. The van der Waals surface area contributed by atoms with E-state index >= 15 is 0 Å². The number of hydrogen-bond acceptors (Lipinski definition) is 6. The van der Waals surface area contributed by atoms with Crippen molar-refractivity contribution in [2.45, 2.75) is 20.1 Å². The van der Waals surface area contributed by atoms with E-state index in [4.69, 9.17) is 25.6 Å². The summed E-state index contributed by atoms with van der Waals surface area (Å²) >= 11 is 6.18. The number of halogens is 1. The molecule has 0 fully saturated rings. The van der Waals surface area contributed by atoms with Crippen LogP contribution in [0.2, 0.25) is 5.02 Å². The monoisotopic (exact) mass is 477 g/mol. The Kier molecular flexibility index (Phi) is 7.44. The van der Waals surface area contributed by atoms with Gasteiger partial charge in [-0.25, -0.2) is 0 Å². The molecule has 1 aromatic heterocycles. The first kappa shape index (κ1) is 23.3. The van der Waals surface area contributed by atoms with E-state index in [2.05, 4.69) is 10.1 Å². The number of aromatic nitrogens is 2. The first-order valence-corrected chi connectivity index (χ1v) is 11.2. The molecule has 7 nitrogen and oxygen atoms in total. The zero-order valence-electron chi connectivity index (χ0n) is 18.9. The summed E-state index contributed by atoms with van der Waals surface area (Å²) in [5, 5.41) is 4.66. The zero-order chi connectivity index (χ0) is 23.9. The van der Waals surface area contributed by atoms with Crippen LogP contribution in [0.1, 0.15) is 28.7 Å². The summed E-state index contributed by atoms with van der Waals surface area (Å²) in [6.07, 6.45) is 0. The third-order valence-electron chi connectivity index (χ3n) is 5.04. The lowest BCUT2D eigenvalue weighted by Gasteiger charge is -2.15. The van der Waals surface area contributed by atoms with Gasteiger partial charge in [-0.2, -0.15) is 4.98 Å². The van der Waals surface area contributed by atoms with E-state index in [1.165, 1.54) is 4.90 Å². The standard InChI is InChI=1S/C26H24ClN3O4/c1-3-32-21-13-11-18(12-14-21)25-28-24(34-29-25)16-30(2)26(31)19-8-6-9-22(15-19)33-17-20-7-4-5-10-23(20)27/h4-15H,3,16-17H2,1-2H3. The van der Waals surface area contributed by atoms with E-state index in [0.29, 0.717) is 41.3 Å². The lowest BCUT2D eigenvalue weighted by Crippen LogP contribution is -2.26. The van der Waals surface area contributed by atoms with Crippen molar-refractivity contribution in [1.82, 2.24) is 15.0 Å². The maximum atomic E-state index is 13.0. The maximum absolute atomic E-state index is 13.0. The fourth-order valence-corrected chi connectivity index (χ4v) is 3.48. The van der Waals surface area contributed by atoms with Gasteiger partial charge in [0.05, 0.1) is 13.2 Å². The van der Waals surface area contributed by atoms with E-state index < -0.39 is 0 Å². The highest BCUT2D eigenvalue weighted by Crippen LogP contribution is 2.22. The topological polar surface area (TPSA) is 77.7 Å². The van der Waals surface area contributed by atoms with Gasteiger partial charge in [0, 0.05) is 28.8 Å². The second kappa shape index (κ2) is 10.9. The van der Waals surface area contributed by atoms with Gasteiger partial charge in [-0.15, -0.1) is 0 Å². The summed E-state index contributed by atoms with van der Waals surface area (Å²) in [6.45, 7) is 3.01. The van der Waals surface area contributed by atoms with Crippen molar-refractivity contribution >= 4 is 17.5 Å². The lowest BCUT2D eigenvalue weighted by molar-refractivity contribution is 0.0769. The van der Waals surface area contributed by atoms with Crippen LogP contribution in [0.15, 0.2) is 77.3 Å². The minimum atomic E-state index is -0.191. The molecule has 0 radical (unpaired) electrons. The second-order valence-electron chi connectivity index (χ2n) is 7.54. The van der Waals surface area contributed by atoms with Crippen molar-refractivity contribution in [3.8, 4) is 22.9 Å². The molecule has 0 aliphatic heterocycles. The van der Waals surface area contributed by atoms with Gasteiger partial charge in [0.15, 0.2) is 0 Å². The molecule has 0 saturated heterocycles. The highest BCUT2D eigenvalue weighted by Gasteiger charge is 2.17. The number of ether oxygens (including phenoxy) is 2. The molecule has 0 spiro atoms. The van der Waals surface area contributed by atoms with Crippen molar-refractivity contribution in [3.05, 3.63) is 94.8 Å². The Morgan fingerprint density at radius 3 is 2.56 bits per heavy atom. The summed E-state index contributed by atoms with van der Waals surface area (Å²) < 4.78 is 16.6. The molecule has 0 saturated carbocycles. The first-order chi connectivity index (χ1) is 16.5. The summed E-state index contributed by atoms with van der Waals surface area (Å²) in [6, 6.07) is 21.9. The summed E-state index contributed by atoms with van der Waals surface area (Å²) in [5.74, 6) is 1.96. The van der Waals surface area contributed by atoms with Crippen LogP contribution >= 0.6 is 11.6 Å². The van der Waals surface area contributed by atoms with Crippen LogP contribution in [-0.2, 0) is 13.2 Å². The first-order valence-electron chi connectivity index (χ1n) is 10.8. The predicted octanol–water partition coefficient (Wildman–Crippen LogP) is 5.64. The number of amides is 1. The van der Waals surface area contributed by atoms with Crippen LogP contribution in [-0.4, -0.2) is 34.6 Å². The molecule has 0 atom stereocenters. The lowest BCUT2D eigenvalue weighted by atomic mass is 10.2. The minimum Gasteiger partial charge on any atom is -0.494 e. The van der Waals surface area contributed by atoms with E-state index in [0.717, 1.165) is 16.9 Å². The molecule has 4 rings (SSSR count). The fourth-order valence-electron chi connectivity index (χ4n) is 3.29. The normalized spacial score (nSPS) is 10.7. The van der Waals surface area contributed by atoms with Gasteiger partial charge in [-0.3, -0.25) is 4.79 Å². The van der Waals surface area contributed by atoms with E-state index in [1.807, 2.05) is 55.5 Å². The Bertz CT molecular complexity index is 1260. The Morgan fingerprint density at radius 2 is 1.79 bits per heavy atom. The Morgan fingerprint density at radius 1 is 1.00 bits per heavy atom. The van der Waals surface area contributed by atoms with Gasteiger partial charge in [0.25, 0.3) is 5.91 Å². The van der Waals surface area contributed by atoms with Gasteiger partial charge in [-0.05, 0) is 55.5 Å². The number of nitrogens with zero attached hydrogens (tertiary/aromatic N) is 3. The number of carbonyl (C=O) groups is 1. The van der Waals surface area contributed by atoms with Crippen LogP contribution in [0.3, 0.4) is 0 Å². The van der Waals surface area contributed by atoms with Crippen LogP contribution < -0.4 is 9.47 Å². The predicted molar refractivity (Wildman–Crippen MR) is 129 cm³/mol. The number of carbonyl (C=O) groups excluding carboxylic acids is 1. The molecule has 0 unspecified atom stereocenters. The molecule has 174 valence electrons. The molecule has 0 aliphatic carbocycles. The number of hydrogen-bond donors (Lipinski definition) is 0. The quantitative estimate of drug-likeness (QED) is 0.310. The fraction of sp³-hybridized carbons (Fsp3) is 0.192. The zero-order valence-corrected chi connectivity index (χ0v) is 19.7. The smallest absolute Gasteiger partial charge is 0.254 e. The number of benzene rings is 3. The Hall–Kier alpha value is -3.84. The molecule has 4 aromatic rings. The molecule has 0 aliphatic rings. The average molecular weight is 478 g/mol. The van der Waals surface area contributed by atoms with Gasteiger partial charge in [-0.1, -0.05) is 41.0 Å². The molecule has 0 bridgehead atoms. The summed E-state index contributed by atoms with van der Waals surface area (Å²) in [4.78, 5) is 18.9. The molecule has 0 N–H and O–H groups in total. The summed E-state index contributed by atoms with van der Waals surface area (Å²) in [7, 11) is 1.68. The van der Waals surface area contributed by atoms with Crippen LogP contribution in [0.25, 0.3) is 11.4 Å². The summed E-state index contributed by atoms with van der Waals surface area (Å²) in [5.41, 5.74) is 2.17. The van der Waals surface area contributed by atoms with Gasteiger partial charge in [0.2, 0.25) is 11.7 Å². The molecular weight excluding hydrogens is 454 g/mol. The highest BCUT2D eigenvalue weighted by atomic mass is 35.5. The van der Waals surface area contributed by atoms with Crippen molar-refractivity contribution in [1.29, 1.82) is 0 Å². The molecule has 3 aromatic carbocycles. The van der Waals surface area contributed by atoms with Crippen molar-refractivity contribution in [2.24, 2.45) is 0 Å². The Labute approximate surface area is 202 Å². The Balaban J connectivity index is 1.38. The van der Waals surface area contributed by atoms with E-state index in [1.54, 1.807) is 31.3 Å². The minimum absolute atomic E-state index is 0.174. The van der Waals surface area contributed by atoms with Crippen LogP contribution in [0.4, 0.5) is 0 Å². The molecule has 8 heteroatoms.